The van der Waals surface area contributed by atoms with Gasteiger partial charge in [-0.2, -0.15) is 0 Å². The first-order valence-electron chi connectivity index (χ1n) is 16.3. The van der Waals surface area contributed by atoms with Crippen LogP contribution in [-0.4, -0.2) is 31.2 Å². The van der Waals surface area contributed by atoms with Crippen LogP contribution in [0.1, 0.15) is 174 Å². The summed E-state index contributed by atoms with van der Waals surface area (Å²) in [4.78, 5) is 0. The maximum atomic E-state index is 8.77. The van der Waals surface area contributed by atoms with E-state index in [9.17, 15) is 0 Å². The summed E-state index contributed by atoms with van der Waals surface area (Å²) in [5, 5.41) is 8.77. The van der Waals surface area contributed by atoms with Gasteiger partial charge in [0.2, 0.25) is 0 Å². The molecular formula is C33H66O3. The van der Waals surface area contributed by atoms with Gasteiger partial charge in [0.15, 0.2) is 6.29 Å². The lowest BCUT2D eigenvalue weighted by atomic mass is 10.1. The van der Waals surface area contributed by atoms with E-state index >= 15 is 0 Å². The molecule has 0 aromatic rings. The first kappa shape index (κ1) is 35.6. The molecule has 0 unspecified atom stereocenters. The number of unbranched alkanes of at least 4 members (excludes halogenated alkanes) is 20. The molecule has 0 bridgehead atoms. The Morgan fingerprint density at radius 1 is 0.472 bits per heavy atom. The molecule has 0 fully saturated rings. The molecule has 1 N–H and O–H groups in total. The second kappa shape index (κ2) is 32.6. The van der Waals surface area contributed by atoms with Crippen LogP contribution in [0, 0.1) is 0 Å². The van der Waals surface area contributed by atoms with Crippen LogP contribution in [0.2, 0.25) is 0 Å². The summed E-state index contributed by atoms with van der Waals surface area (Å²) in [6.07, 6.45) is 36.6. The van der Waals surface area contributed by atoms with Crippen molar-refractivity contribution in [3.63, 3.8) is 0 Å². The average molecular weight is 511 g/mol. The average Bonchev–Trinajstić information content (AvgIpc) is 2.89. The summed E-state index contributed by atoms with van der Waals surface area (Å²) in [6, 6.07) is 0. The second-order valence-corrected chi connectivity index (χ2v) is 10.8. The van der Waals surface area contributed by atoms with E-state index in [0.717, 1.165) is 26.1 Å². The largest absolute Gasteiger partial charge is 0.396 e. The van der Waals surface area contributed by atoms with Gasteiger partial charge in [-0.1, -0.05) is 142 Å². The molecule has 0 aliphatic carbocycles. The van der Waals surface area contributed by atoms with Gasteiger partial charge in [-0.15, -0.1) is 0 Å². The Balaban J connectivity index is 3.83. The van der Waals surface area contributed by atoms with Crippen LogP contribution < -0.4 is 0 Å². The Morgan fingerprint density at radius 3 is 1.33 bits per heavy atom. The van der Waals surface area contributed by atoms with E-state index in [4.69, 9.17) is 14.6 Å². The summed E-state index contributed by atoms with van der Waals surface area (Å²) in [5.41, 5.74) is 0. The number of aliphatic hydroxyl groups excluding tert-OH is 1. The number of aliphatic hydroxyl groups is 1. The highest BCUT2D eigenvalue weighted by atomic mass is 16.7. The van der Waals surface area contributed by atoms with Crippen LogP contribution in [0.4, 0.5) is 0 Å². The van der Waals surface area contributed by atoms with Crippen molar-refractivity contribution in [3.8, 4) is 0 Å². The fourth-order valence-corrected chi connectivity index (χ4v) is 4.71. The maximum Gasteiger partial charge on any atom is 0.157 e. The molecule has 0 radical (unpaired) electrons. The summed E-state index contributed by atoms with van der Waals surface area (Å²) in [7, 11) is 0. The maximum absolute atomic E-state index is 8.77. The van der Waals surface area contributed by atoms with Gasteiger partial charge < -0.3 is 14.6 Å². The third-order valence-electron chi connectivity index (χ3n) is 7.13. The predicted octanol–water partition coefficient (Wildman–Crippen LogP) is 10.7. The first-order valence-corrected chi connectivity index (χ1v) is 16.3. The molecule has 0 aliphatic heterocycles. The molecular weight excluding hydrogens is 444 g/mol. The third-order valence-corrected chi connectivity index (χ3v) is 7.13. The number of hydrogen-bond donors (Lipinski definition) is 1. The molecule has 216 valence electrons. The van der Waals surface area contributed by atoms with Gasteiger partial charge in [-0.25, -0.2) is 0 Å². The van der Waals surface area contributed by atoms with Crippen LogP contribution >= 0.6 is 0 Å². The number of rotatable bonds is 31. The van der Waals surface area contributed by atoms with E-state index in [1.165, 1.54) is 148 Å². The standard InChI is InChI=1S/C33H66O3/c1-3-5-7-9-19-23-27-31-35-33(36-32-28-24-20-10-8-6-4-2)29-25-21-17-15-13-11-12-14-16-18-22-26-30-34/h18,22,33-34H,3-17,19-21,23-32H2,1-2H3/b22-18+. The molecule has 0 aromatic carbocycles. The van der Waals surface area contributed by atoms with Crippen molar-refractivity contribution in [2.45, 2.75) is 181 Å². The smallest absolute Gasteiger partial charge is 0.157 e. The Hall–Kier alpha value is -0.380. The fraction of sp³-hybridized carbons (Fsp3) is 0.939. The van der Waals surface area contributed by atoms with Crippen molar-refractivity contribution >= 4 is 0 Å². The SMILES string of the molecule is CCCCCCCCCOC(CCCCCCCCCC/C=C/CCO)OCCCCCCCCC. The number of ether oxygens (including phenoxy) is 2. The van der Waals surface area contributed by atoms with Crippen molar-refractivity contribution in [1.82, 2.24) is 0 Å². The van der Waals surface area contributed by atoms with Crippen molar-refractivity contribution in [3.05, 3.63) is 12.2 Å². The summed E-state index contributed by atoms with van der Waals surface area (Å²) < 4.78 is 12.4. The molecule has 3 heteroatoms. The summed E-state index contributed by atoms with van der Waals surface area (Å²) in [5.74, 6) is 0. The lowest BCUT2D eigenvalue weighted by molar-refractivity contribution is -0.148. The van der Waals surface area contributed by atoms with Crippen LogP contribution in [-0.2, 0) is 9.47 Å². The van der Waals surface area contributed by atoms with Gasteiger partial charge in [0.25, 0.3) is 0 Å². The summed E-state index contributed by atoms with van der Waals surface area (Å²) >= 11 is 0. The topological polar surface area (TPSA) is 38.7 Å². The second-order valence-electron chi connectivity index (χ2n) is 10.8. The Kier molecular flexibility index (Phi) is 32.3. The van der Waals surface area contributed by atoms with Crippen molar-refractivity contribution in [2.24, 2.45) is 0 Å². The van der Waals surface area contributed by atoms with E-state index in [1.54, 1.807) is 0 Å². The molecule has 0 atom stereocenters. The minimum Gasteiger partial charge on any atom is -0.396 e. The monoisotopic (exact) mass is 511 g/mol. The van der Waals surface area contributed by atoms with E-state index in [1.807, 2.05) is 0 Å². The number of hydrogen-bond acceptors (Lipinski definition) is 3. The van der Waals surface area contributed by atoms with E-state index in [-0.39, 0.29) is 12.9 Å². The first-order chi connectivity index (χ1) is 17.8. The van der Waals surface area contributed by atoms with E-state index in [0.29, 0.717) is 0 Å². The fourth-order valence-electron chi connectivity index (χ4n) is 4.71. The van der Waals surface area contributed by atoms with Crippen molar-refractivity contribution in [2.75, 3.05) is 19.8 Å². The highest BCUT2D eigenvalue weighted by molar-refractivity contribution is 4.80. The van der Waals surface area contributed by atoms with Gasteiger partial charge in [0.05, 0.1) is 0 Å². The lowest BCUT2D eigenvalue weighted by Crippen LogP contribution is -2.19. The van der Waals surface area contributed by atoms with Crippen molar-refractivity contribution < 1.29 is 14.6 Å². The minimum absolute atomic E-state index is 0.0177. The molecule has 0 aliphatic rings. The zero-order valence-corrected chi connectivity index (χ0v) is 24.8. The Morgan fingerprint density at radius 2 is 0.861 bits per heavy atom. The van der Waals surface area contributed by atoms with Gasteiger partial charge in [-0.05, 0) is 44.9 Å². The molecule has 0 spiro atoms. The van der Waals surface area contributed by atoms with Crippen LogP contribution in [0.5, 0.6) is 0 Å². The normalized spacial score (nSPS) is 11.9. The molecule has 0 aromatic heterocycles. The molecule has 0 saturated carbocycles. The quantitative estimate of drug-likeness (QED) is 0.0572. The summed E-state index contributed by atoms with van der Waals surface area (Å²) in [6.45, 7) is 6.57. The number of allylic oxidation sites excluding steroid dienone is 1. The zero-order chi connectivity index (χ0) is 26.2. The van der Waals surface area contributed by atoms with Gasteiger partial charge in [0, 0.05) is 19.8 Å². The molecule has 0 rings (SSSR count). The predicted molar refractivity (Wildman–Crippen MR) is 159 cm³/mol. The van der Waals surface area contributed by atoms with E-state index < -0.39 is 0 Å². The van der Waals surface area contributed by atoms with Gasteiger partial charge in [-0.3, -0.25) is 0 Å². The molecule has 0 heterocycles. The molecule has 0 amide bonds. The molecule has 0 saturated heterocycles. The van der Waals surface area contributed by atoms with Gasteiger partial charge in [0.1, 0.15) is 0 Å². The lowest BCUT2D eigenvalue weighted by Gasteiger charge is -2.19. The van der Waals surface area contributed by atoms with Crippen LogP contribution in [0.15, 0.2) is 12.2 Å². The minimum atomic E-state index is 0.0177. The zero-order valence-electron chi connectivity index (χ0n) is 24.8. The highest BCUT2D eigenvalue weighted by Gasteiger charge is 2.09. The van der Waals surface area contributed by atoms with Gasteiger partial charge >= 0.3 is 0 Å². The Labute approximate surface area is 227 Å². The van der Waals surface area contributed by atoms with Crippen molar-refractivity contribution in [1.29, 1.82) is 0 Å². The van der Waals surface area contributed by atoms with Crippen LogP contribution in [0.25, 0.3) is 0 Å². The van der Waals surface area contributed by atoms with E-state index in [2.05, 4.69) is 26.0 Å². The molecule has 3 nitrogen and oxygen atoms in total. The molecule has 36 heavy (non-hydrogen) atoms. The van der Waals surface area contributed by atoms with Crippen LogP contribution in [0.3, 0.4) is 0 Å². The third kappa shape index (κ3) is 29.8. The Bertz CT molecular complexity index is 390. The highest BCUT2D eigenvalue weighted by Crippen LogP contribution is 2.15.